The van der Waals surface area contributed by atoms with Gasteiger partial charge in [-0.2, -0.15) is 0 Å². The van der Waals surface area contributed by atoms with E-state index in [0.717, 1.165) is 18.8 Å². The maximum atomic E-state index is 5.22. The Kier molecular flexibility index (Phi) is 4.21. The van der Waals surface area contributed by atoms with E-state index in [1.165, 1.54) is 12.8 Å². The fourth-order valence-electron chi connectivity index (χ4n) is 1.37. The molecule has 0 spiro atoms. The van der Waals surface area contributed by atoms with Gasteiger partial charge in [-0.15, -0.1) is 0 Å². The summed E-state index contributed by atoms with van der Waals surface area (Å²) in [6, 6.07) is 3.92. The van der Waals surface area contributed by atoms with E-state index in [2.05, 4.69) is 26.1 Å². The second-order valence-corrected chi connectivity index (χ2v) is 4.92. The molecule has 0 radical (unpaired) electrons. The molecule has 2 nitrogen and oxygen atoms in total. The fraction of sp³-hybridized carbons (Fsp3) is 0.667. The highest BCUT2D eigenvalue weighted by molar-refractivity contribution is 4.97. The molecular weight excluding hydrogens is 174 g/mol. The van der Waals surface area contributed by atoms with Gasteiger partial charge in [0.1, 0.15) is 5.76 Å². The Morgan fingerprint density at radius 3 is 2.71 bits per heavy atom. The Labute approximate surface area is 86.7 Å². The van der Waals surface area contributed by atoms with Crippen molar-refractivity contribution in [2.45, 2.75) is 40.2 Å². The number of furan rings is 1. The molecule has 0 saturated heterocycles. The van der Waals surface area contributed by atoms with E-state index in [-0.39, 0.29) is 0 Å². The van der Waals surface area contributed by atoms with Gasteiger partial charge in [0, 0.05) is 0 Å². The summed E-state index contributed by atoms with van der Waals surface area (Å²) in [5.41, 5.74) is 0.451. The maximum Gasteiger partial charge on any atom is 0.117 e. The molecule has 0 fully saturated rings. The van der Waals surface area contributed by atoms with E-state index in [1.807, 2.05) is 12.1 Å². The Balaban J connectivity index is 2.00. The standard InChI is InChI=1S/C12H21NO/c1-12(2,3)7-5-8-13-10-11-6-4-9-14-11/h4,6,9,13H,5,7-8,10H2,1-3H3. The zero-order valence-electron chi connectivity index (χ0n) is 9.47. The van der Waals surface area contributed by atoms with Gasteiger partial charge in [0.15, 0.2) is 0 Å². The first kappa shape index (κ1) is 11.3. The Hall–Kier alpha value is -0.760. The van der Waals surface area contributed by atoms with Crippen molar-refractivity contribution in [1.82, 2.24) is 5.32 Å². The topological polar surface area (TPSA) is 25.2 Å². The van der Waals surface area contributed by atoms with Crippen molar-refractivity contribution in [2.75, 3.05) is 6.54 Å². The number of nitrogens with one attached hydrogen (secondary N) is 1. The summed E-state index contributed by atoms with van der Waals surface area (Å²) in [7, 11) is 0. The van der Waals surface area contributed by atoms with E-state index < -0.39 is 0 Å². The van der Waals surface area contributed by atoms with Gasteiger partial charge in [0.25, 0.3) is 0 Å². The van der Waals surface area contributed by atoms with Gasteiger partial charge in [-0.05, 0) is 36.9 Å². The van der Waals surface area contributed by atoms with Crippen LogP contribution in [0.25, 0.3) is 0 Å². The van der Waals surface area contributed by atoms with Crippen LogP contribution in [0.4, 0.5) is 0 Å². The van der Waals surface area contributed by atoms with Crippen LogP contribution in [0.15, 0.2) is 22.8 Å². The van der Waals surface area contributed by atoms with Crippen LogP contribution in [0.2, 0.25) is 0 Å². The second kappa shape index (κ2) is 5.20. The van der Waals surface area contributed by atoms with Gasteiger partial charge in [0.05, 0.1) is 12.8 Å². The van der Waals surface area contributed by atoms with Gasteiger partial charge in [0.2, 0.25) is 0 Å². The average Bonchev–Trinajstić information content (AvgIpc) is 2.54. The quantitative estimate of drug-likeness (QED) is 0.730. The van der Waals surface area contributed by atoms with Crippen LogP contribution in [-0.4, -0.2) is 6.54 Å². The Morgan fingerprint density at radius 2 is 2.14 bits per heavy atom. The fourth-order valence-corrected chi connectivity index (χ4v) is 1.37. The molecule has 1 N–H and O–H groups in total. The molecule has 0 aromatic carbocycles. The van der Waals surface area contributed by atoms with Gasteiger partial charge in [-0.25, -0.2) is 0 Å². The lowest BCUT2D eigenvalue weighted by Crippen LogP contribution is -2.16. The molecule has 0 aliphatic heterocycles. The molecule has 1 heterocycles. The van der Waals surface area contributed by atoms with Crippen molar-refractivity contribution in [1.29, 1.82) is 0 Å². The smallest absolute Gasteiger partial charge is 0.117 e. The van der Waals surface area contributed by atoms with Gasteiger partial charge < -0.3 is 9.73 Å². The highest BCUT2D eigenvalue weighted by Crippen LogP contribution is 2.19. The molecule has 0 bridgehead atoms. The lowest BCUT2D eigenvalue weighted by Gasteiger charge is -2.17. The third-order valence-corrected chi connectivity index (χ3v) is 2.16. The summed E-state index contributed by atoms with van der Waals surface area (Å²) in [6.07, 6.45) is 4.20. The molecule has 0 aliphatic carbocycles. The van der Waals surface area contributed by atoms with Crippen LogP contribution >= 0.6 is 0 Å². The minimum atomic E-state index is 0.451. The van der Waals surface area contributed by atoms with Gasteiger partial charge in [-0.3, -0.25) is 0 Å². The molecule has 1 aromatic heterocycles. The molecule has 0 amide bonds. The van der Waals surface area contributed by atoms with Gasteiger partial charge >= 0.3 is 0 Å². The summed E-state index contributed by atoms with van der Waals surface area (Å²) in [6.45, 7) is 8.74. The molecule has 1 rings (SSSR count). The van der Waals surface area contributed by atoms with E-state index in [0.29, 0.717) is 5.41 Å². The van der Waals surface area contributed by atoms with E-state index in [1.54, 1.807) is 6.26 Å². The summed E-state index contributed by atoms with van der Waals surface area (Å²) >= 11 is 0. The second-order valence-electron chi connectivity index (χ2n) is 4.92. The van der Waals surface area contributed by atoms with Crippen molar-refractivity contribution >= 4 is 0 Å². The SMILES string of the molecule is CC(C)(C)CCCNCc1ccco1. The molecule has 80 valence electrons. The molecule has 0 unspecified atom stereocenters. The van der Waals surface area contributed by atoms with Crippen molar-refractivity contribution in [2.24, 2.45) is 5.41 Å². The zero-order chi connectivity index (χ0) is 10.4. The summed E-state index contributed by atoms with van der Waals surface area (Å²) in [4.78, 5) is 0. The van der Waals surface area contributed by atoms with Crippen LogP contribution in [0.3, 0.4) is 0 Å². The average molecular weight is 195 g/mol. The minimum absolute atomic E-state index is 0.451. The molecule has 0 aliphatic rings. The van der Waals surface area contributed by atoms with Crippen LogP contribution in [0.1, 0.15) is 39.4 Å². The van der Waals surface area contributed by atoms with E-state index in [9.17, 15) is 0 Å². The molecule has 1 aromatic rings. The minimum Gasteiger partial charge on any atom is -0.468 e. The van der Waals surface area contributed by atoms with Gasteiger partial charge in [-0.1, -0.05) is 20.8 Å². The van der Waals surface area contributed by atoms with Crippen LogP contribution in [-0.2, 0) is 6.54 Å². The summed E-state index contributed by atoms with van der Waals surface area (Å²) < 4.78 is 5.22. The Morgan fingerprint density at radius 1 is 1.36 bits per heavy atom. The maximum absolute atomic E-state index is 5.22. The first-order valence-electron chi connectivity index (χ1n) is 5.31. The summed E-state index contributed by atoms with van der Waals surface area (Å²) in [5, 5.41) is 3.37. The predicted molar refractivity (Wildman–Crippen MR) is 59.1 cm³/mol. The lowest BCUT2D eigenvalue weighted by atomic mass is 9.91. The number of hydrogen-bond acceptors (Lipinski definition) is 2. The predicted octanol–water partition coefficient (Wildman–Crippen LogP) is 3.20. The monoisotopic (exact) mass is 195 g/mol. The van der Waals surface area contributed by atoms with Crippen LogP contribution in [0, 0.1) is 5.41 Å². The molecular formula is C12H21NO. The van der Waals surface area contributed by atoms with Crippen LogP contribution < -0.4 is 5.32 Å². The van der Waals surface area contributed by atoms with Crippen molar-refractivity contribution in [3.8, 4) is 0 Å². The first-order chi connectivity index (χ1) is 6.58. The summed E-state index contributed by atoms with van der Waals surface area (Å²) in [5.74, 6) is 1.01. The Bertz CT molecular complexity index is 233. The normalized spacial score (nSPS) is 11.9. The molecule has 2 heteroatoms. The highest BCUT2D eigenvalue weighted by atomic mass is 16.3. The highest BCUT2D eigenvalue weighted by Gasteiger charge is 2.08. The molecule has 0 atom stereocenters. The first-order valence-corrected chi connectivity index (χ1v) is 5.31. The van der Waals surface area contributed by atoms with Crippen molar-refractivity contribution < 1.29 is 4.42 Å². The lowest BCUT2D eigenvalue weighted by molar-refractivity contribution is 0.358. The number of rotatable bonds is 5. The number of hydrogen-bond donors (Lipinski definition) is 1. The largest absolute Gasteiger partial charge is 0.468 e. The van der Waals surface area contributed by atoms with Crippen LogP contribution in [0.5, 0.6) is 0 Å². The van der Waals surface area contributed by atoms with Crippen molar-refractivity contribution in [3.63, 3.8) is 0 Å². The van der Waals surface area contributed by atoms with Crippen molar-refractivity contribution in [3.05, 3.63) is 24.2 Å². The zero-order valence-corrected chi connectivity index (χ0v) is 9.47. The third-order valence-electron chi connectivity index (χ3n) is 2.16. The third kappa shape index (κ3) is 5.07. The molecule has 0 saturated carbocycles. The van der Waals surface area contributed by atoms with E-state index >= 15 is 0 Å². The van der Waals surface area contributed by atoms with E-state index in [4.69, 9.17) is 4.42 Å². The molecule has 14 heavy (non-hydrogen) atoms.